The van der Waals surface area contributed by atoms with E-state index < -0.39 is 29.2 Å². The first kappa shape index (κ1) is 45.4. The van der Waals surface area contributed by atoms with Gasteiger partial charge in [-0.2, -0.15) is 0 Å². The summed E-state index contributed by atoms with van der Waals surface area (Å²) in [6.07, 6.45) is -2.75. The molecule has 4 nitrogen and oxygen atoms in total. The van der Waals surface area contributed by atoms with Gasteiger partial charge in [0.05, 0.1) is 0 Å². The molecular weight excluding hydrogens is 941 g/mol. The zero-order chi connectivity index (χ0) is 51.3. The first-order valence-electron chi connectivity index (χ1n) is 26.5. The molecule has 1 fully saturated rings. The summed E-state index contributed by atoms with van der Waals surface area (Å²) in [4.78, 5) is 0. The maximum absolute atomic E-state index is 15.8. The van der Waals surface area contributed by atoms with Crippen molar-refractivity contribution < 1.29 is 19.7 Å². The second-order valence-corrected chi connectivity index (χ2v) is 20.7. The lowest BCUT2D eigenvalue weighted by Gasteiger charge is -2.44. The standard InChI is InChI=1S/C73H50O4/c74-71(65-43-47-23-7-11-31-53(47)57-35-15-19-39-61(57)65,66-44-48-24-8-12-32-54(48)58-36-16-20-40-62(58)66)69-70(77-73(76-69,51-27-3-1-4-28-51)52-29-5-2-6-30-52)72(75,67-45-49-25-9-13-33-55(49)59-37-17-21-41-63(59)67)68-46-50-26-10-14-34-56(50)60-38-18-22-42-64(60)68/h1-46,69-70,74-75H/t69-,70-/m0/s1. The summed E-state index contributed by atoms with van der Waals surface area (Å²) in [6.45, 7) is 0. The molecule has 2 N–H and O–H groups in total. The molecule has 0 aromatic heterocycles. The molecule has 0 bridgehead atoms. The van der Waals surface area contributed by atoms with Gasteiger partial charge in [0.1, 0.15) is 23.4 Å². The number of hydrogen-bond acceptors (Lipinski definition) is 4. The van der Waals surface area contributed by atoms with Crippen LogP contribution in [0.1, 0.15) is 33.4 Å². The van der Waals surface area contributed by atoms with Crippen molar-refractivity contribution in [3.63, 3.8) is 0 Å². The van der Waals surface area contributed by atoms with Gasteiger partial charge in [0.2, 0.25) is 5.79 Å². The van der Waals surface area contributed by atoms with E-state index in [1.54, 1.807) is 0 Å². The van der Waals surface area contributed by atoms with E-state index in [-0.39, 0.29) is 0 Å². The van der Waals surface area contributed by atoms with Crippen LogP contribution in [0.15, 0.2) is 279 Å². The Hall–Kier alpha value is -9.00. The van der Waals surface area contributed by atoms with Crippen LogP contribution in [0.25, 0.3) is 86.2 Å². The van der Waals surface area contributed by atoms with Gasteiger partial charge in [-0.3, -0.25) is 0 Å². The molecule has 4 heteroatoms. The van der Waals surface area contributed by atoms with Crippen molar-refractivity contribution in [2.45, 2.75) is 29.2 Å². The molecule has 14 aromatic carbocycles. The molecule has 1 aliphatic rings. The van der Waals surface area contributed by atoms with Crippen LogP contribution in [0, 0.1) is 0 Å². The molecule has 1 saturated heterocycles. The monoisotopic (exact) mass is 990 g/mol. The van der Waals surface area contributed by atoms with Gasteiger partial charge in [-0.15, -0.1) is 0 Å². The summed E-state index contributed by atoms with van der Waals surface area (Å²) in [6, 6.07) is 95.5. The van der Waals surface area contributed by atoms with E-state index in [4.69, 9.17) is 9.47 Å². The van der Waals surface area contributed by atoms with Gasteiger partial charge >= 0.3 is 0 Å². The average Bonchev–Trinajstić information content (AvgIpc) is 4.08. The van der Waals surface area contributed by atoms with E-state index in [2.05, 4.69) is 170 Å². The van der Waals surface area contributed by atoms with Crippen LogP contribution in [-0.4, -0.2) is 22.4 Å². The second-order valence-electron chi connectivity index (χ2n) is 20.7. The Balaban J connectivity index is 1.16. The van der Waals surface area contributed by atoms with Crippen molar-refractivity contribution in [2.75, 3.05) is 0 Å². The Kier molecular flexibility index (Phi) is 10.3. The van der Waals surface area contributed by atoms with Gasteiger partial charge in [0, 0.05) is 11.1 Å². The molecule has 0 radical (unpaired) electrons. The zero-order valence-electron chi connectivity index (χ0n) is 41.9. The van der Waals surface area contributed by atoms with Crippen LogP contribution in [0.3, 0.4) is 0 Å². The summed E-state index contributed by atoms with van der Waals surface area (Å²) in [5.74, 6) is -1.70. The topological polar surface area (TPSA) is 58.9 Å². The molecule has 0 saturated carbocycles. The van der Waals surface area contributed by atoms with Crippen molar-refractivity contribution in [3.8, 4) is 0 Å². The fourth-order valence-electron chi connectivity index (χ4n) is 13.3. The molecule has 2 atom stereocenters. The maximum Gasteiger partial charge on any atom is 0.223 e. The third-order valence-electron chi connectivity index (χ3n) is 16.7. The van der Waals surface area contributed by atoms with Gasteiger partial charge in [-0.1, -0.05) is 255 Å². The lowest BCUT2D eigenvalue weighted by atomic mass is 9.68. The minimum absolute atomic E-state index is 0.622. The quantitative estimate of drug-likeness (QED) is 0.149. The largest absolute Gasteiger partial charge is 0.377 e. The highest BCUT2D eigenvalue weighted by Gasteiger charge is 2.65. The van der Waals surface area contributed by atoms with E-state index >= 15 is 10.2 Å². The average molecular weight is 991 g/mol. The number of benzene rings is 14. The van der Waals surface area contributed by atoms with Crippen molar-refractivity contribution in [1.29, 1.82) is 0 Å². The van der Waals surface area contributed by atoms with Crippen molar-refractivity contribution in [1.82, 2.24) is 0 Å². The van der Waals surface area contributed by atoms with Gasteiger partial charge in [0.15, 0.2) is 0 Å². The number of aliphatic hydroxyl groups is 2. The van der Waals surface area contributed by atoms with E-state index in [9.17, 15) is 0 Å². The van der Waals surface area contributed by atoms with Gasteiger partial charge in [-0.05, 0) is 133 Å². The van der Waals surface area contributed by atoms with E-state index in [1.165, 1.54) is 0 Å². The van der Waals surface area contributed by atoms with E-state index in [0.717, 1.165) is 86.2 Å². The molecule has 0 aliphatic carbocycles. The van der Waals surface area contributed by atoms with Crippen LogP contribution in [0.5, 0.6) is 0 Å². The Morgan fingerprint density at radius 2 is 0.455 bits per heavy atom. The summed E-state index contributed by atoms with van der Waals surface area (Å²) in [5, 5.41) is 46.9. The highest BCUT2D eigenvalue weighted by atomic mass is 16.8. The Bertz CT molecular complexity index is 4110. The molecule has 1 aliphatic heterocycles. The van der Waals surface area contributed by atoms with E-state index in [1.807, 2.05) is 109 Å². The summed E-state index contributed by atoms with van der Waals surface area (Å²) >= 11 is 0. The molecular formula is C73H50O4. The highest BCUT2D eigenvalue weighted by molar-refractivity contribution is 6.14. The Morgan fingerprint density at radius 1 is 0.247 bits per heavy atom. The fourth-order valence-corrected chi connectivity index (χ4v) is 13.3. The summed E-state index contributed by atoms with van der Waals surface area (Å²) < 4.78 is 16.4. The van der Waals surface area contributed by atoms with Crippen LogP contribution in [0.2, 0.25) is 0 Å². The Morgan fingerprint density at radius 3 is 0.714 bits per heavy atom. The molecule has 366 valence electrons. The predicted octanol–water partition coefficient (Wildman–Crippen LogP) is 16.8. The zero-order valence-corrected chi connectivity index (χ0v) is 41.9. The molecule has 0 unspecified atom stereocenters. The minimum atomic E-state index is -2.10. The molecule has 77 heavy (non-hydrogen) atoms. The summed E-state index contributed by atoms with van der Waals surface area (Å²) in [7, 11) is 0. The van der Waals surface area contributed by atoms with Crippen LogP contribution in [0.4, 0.5) is 0 Å². The lowest BCUT2D eigenvalue weighted by Crippen LogP contribution is -2.55. The third-order valence-corrected chi connectivity index (χ3v) is 16.7. The highest BCUT2D eigenvalue weighted by Crippen LogP contribution is 2.59. The van der Waals surface area contributed by atoms with Crippen LogP contribution < -0.4 is 0 Å². The second kappa shape index (κ2) is 17.5. The summed E-state index contributed by atoms with van der Waals surface area (Å²) in [5.41, 5.74) is -0.293. The predicted molar refractivity (Wildman–Crippen MR) is 315 cm³/mol. The minimum Gasteiger partial charge on any atom is -0.377 e. The van der Waals surface area contributed by atoms with Crippen molar-refractivity contribution >= 4 is 86.2 Å². The third kappa shape index (κ3) is 6.74. The molecule has 0 amide bonds. The number of hydrogen-bond donors (Lipinski definition) is 2. The lowest BCUT2D eigenvalue weighted by molar-refractivity contribution is -0.176. The first-order chi connectivity index (χ1) is 37.9. The number of fused-ring (bicyclic) bond motifs is 12. The van der Waals surface area contributed by atoms with Gasteiger partial charge in [0.25, 0.3) is 0 Å². The van der Waals surface area contributed by atoms with Gasteiger partial charge < -0.3 is 19.7 Å². The number of rotatable bonds is 8. The molecule has 0 spiro atoms. The van der Waals surface area contributed by atoms with Crippen LogP contribution >= 0.6 is 0 Å². The fraction of sp³-hybridized carbons (Fsp3) is 0.0685. The first-order valence-corrected chi connectivity index (χ1v) is 26.5. The van der Waals surface area contributed by atoms with Crippen molar-refractivity contribution in [2.24, 2.45) is 0 Å². The van der Waals surface area contributed by atoms with E-state index in [0.29, 0.717) is 33.4 Å². The number of ether oxygens (including phenoxy) is 2. The smallest absolute Gasteiger partial charge is 0.223 e. The SMILES string of the molecule is OC(c1cc2ccccc2c2ccccc12)(c1cc2ccccc2c2ccccc12)[C@H]1OC(c2ccccc2)(c2ccccc2)O[C@@H]1C(O)(c1cc2ccccc2c2ccccc12)c1cc2ccccc2c2ccccc12. The molecule has 14 aromatic rings. The molecule has 15 rings (SSSR count). The Labute approximate surface area is 445 Å². The maximum atomic E-state index is 15.8. The van der Waals surface area contributed by atoms with Gasteiger partial charge in [-0.25, -0.2) is 0 Å². The van der Waals surface area contributed by atoms with Crippen LogP contribution in [-0.2, 0) is 26.5 Å². The molecule has 1 heterocycles. The van der Waals surface area contributed by atoms with Crippen molar-refractivity contribution in [3.05, 3.63) is 312 Å². The normalized spacial score (nSPS) is 15.9.